The number of alkyl halides is 3. The minimum absolute atomic E-state index is 0.0266. The number of halogens is 4. The van der Waals surface area contributed by atoms with Crippen LogP contribution in [-0.4, -0.2) is 33.7 Å². The second kappa shape index (κ2) is 8.20. The first-order chi connectivity index (χ1) is 14.7. The van der Waals surface area contributed by atoms with Crippen LogP contribution in [0.4, 0.5) is 19.1 Å². The first-order valence-corrected chi connectivity index (χ1v) is 9.64. The van der Waals surface area contributed by atoms with Crippen LogP contribution in [0.2, 0.25) is 5.02 Å². The Morgan fingerprint density at radius 1 is 1.19 bits per heavy atom. The summed E-state index contributed by atoms with van der Waals surface area (Å²) >= 11 is 5.93. The van der Waals surface area contributed by atoms with E-state index >= 15 is 0 Å². The normalized spacial score (nSPS) is 17.0. The lowest BCUT2D eigenvalue weighted by Gasteiger charge is -2.31. The molecule has 0 aliphatic carbocycles. The smallest absolute Gasteiger partial charge is 0.449 e. The SMILES string of the molecule is N[C@H]1CN(c2ncn(Cc3ccc(C(F)(F)F)o3)c(=O)n2)CC=C1c1ccc(Cl)cc1. The van der Waals surface area contributed by atoms with Gasteiger partial charge in [-0.1, -0.05) is 29.8 Å². The summed E-state index contributed by atoms with van der Waals surface area (Å²) in [7, 11) is 0. The van der Waals surface area contributed by atoms with E-state index in [4.69, 9.17) is 21.8 Å². The van der Waals surface area contributed by atoms with Crippen molar-refractivity contribution < 1.29 is 17.6 Å². The van der Waals surface area contributed by atoms with E-state index in [1.807, 2.05) is 18.2 Å². The first kappa shape index (κ1) is 21.1. The zero-order valence-corrected chi connectivity index (χ0v) is 16.8. The van der Waals surface area contributed by atoms with Crippen molar-refractivity contribution in [2.45, 2.75) is 18.8 Å². The van der Waals surface area contributed by atoms with Gasteiger partial charge in [-0.2, -0.15) is 18.2 Å². The number of aromatic nitrogens is 3. The third-order valence-corrected chi connectivity index (χ3v) is 5.08. The van der Waals surface area contributed by atoms with E-state index in [9.17, 15) is 18.0 Å². The summed E-state index contributed by atoms with van der Waals surface area (Å²) in [6, 6.07) is 9.00. The Hall–Kier alpha value is -3.11. The van der Waals surface area contributed by atoms with E-state index in [-0.39, 0.29) is 24.3 Å². The lowest BCUT2D eigenvalue weighted by atomic mass is 9.96. The molecule has 2 N–H and O–H groups in total. The van der Waals surface area contributed by atoms with E-state index in [0.29, 0.717) is 18.1 Å². The van der Waals surface area contributed by atoms with Crippen molar-refractivity contribution in [3.8, 4) is 0 Å². The van der Waals surface area contributed by atoms with Gasteiger partial charge in [0.05, 0.1) is 6.54 Å². The van der Waals surface area contributed by atoms with Gasteiger partial charge in [0.25, 0.3) is 0 Å². The highest BCUT2D eigenvalue weighted by Gasteiger charge is 2.34. The summed E-state index contributed by atoms with van der Waals surface area (Å²) in [6.45, 7) is 0.628. The molecule has 0 bridgehead atoms. The van der Waals surface area contributed by atoms with E-state index in [1.165, 1.54) is 6.33 Å². The van der Waals surface area contributed by atoms with Crippen molar-refractivity contribution in [2.24, 2.45) is 5.73 Å². The second-order valence-corrected chi connectivity index (χ2v) is 7.44. The molecule has 4 rings (SSSR count). The number of benzene rings is 1. The minimum Gasteiger partial charge on any atom is -0.455 e. The zero-order chi connectivity index (χ0) is 22.2. The molecule has 0 fully saturated rings. The molecule has 7 nitrogen and oxygen atoms in total. The maximum atomic E-state index is 12.7. The molecule has 11 heteroatoms. The topological polar surface area (TPSA) is 90.2 Å². The van der Waals surface area contributed by atoms with Crippen LogP contribution in [0.15, 0.2) is 58.0 Å². The van der Waals surface area contributed by atoms with Crippen LogP contribution in [-0.2, 0) is 12.7 Å². The number of hydrogen-bond donors (Lipinski definition) is 1. The van der Waals surface area contributed by atoms with Crippen molar-refractivity contribution >= 4 is 23.1 Å². The number of hydrogen-bond acceptors (Lipinski definition) is 6. The van der Waals surface area contributed by atoms with E-state index in [0.717, 1.165) is 27.8 Å². The number of nitrogens with two attached hydrogens (primary N) is 1. The van der Waals surface area contributed by atoms with Gasteiger partial charge in [-0.05, 0) is 35.4 Å². The fourth-order valence-electron chi connectivity index (χ4n) is 3.30. The molecule has 2 aromatic heterocycles. The molecule has 31 heavy (non-hydrogen) atoms. The molecule has 1 aliphatic heterocycles. The van der Waals surface area contributed by atoms with Crippen molar-refractivity contribution in [1.29, 1.82) is 0 Å². The van der Waals surface area contributed by atoms with Crippen molar-refractivity contribution in [2.75, 3.05) is 18.0 Å². The Morgan fingerprint density at radius 2 is 1.94 bits per heavy atom. The Labute approximate surface area is 179 Å². The molecule has 1 atom stereocenters. The van der Waals surface area contributed by atoms with Crippen LogP contribution in [0.25, 0.3) is 5.57 Å². The van der Waals surface area contributed by atoms with Crippen molar-refractivity contribution in [1.82, 2.24) is 14.5 Å². The molecular weight excluding hydrogens is 435 g/mol. The average molecular weight is 452 g/mol. The predicted octanol–water partition coefficient (Wildman–Crippen LogP) is 3.18. The summed E-state index contributed by atoms with van der Waals surface area (Å²) in [6.07, 6.45) is -1.42. The second-order valence-electron chi connectivity index (χ2n) is 7.01. The maximum Gasteiger partial charge on any atom is 0.449 e. The predicted molar refractivity (Wildman–Crippen MR) is 109 cm³/mol. The first-order valence-electron chi connectivity index (χ1n) is 9.26. The molecule has 3 heterocycles. The van der Waals surface area contributed by atoms with Gasteiger partial charge in [0, 0.05) is 24.2 Å². The molecular formula is C20H17ClF3N5O2. The monoisotopic (exact) mass is 451 g/mol. The highest BCUT2D eigenvalue weighted by molar-refractivity contribution is 6.30. The lowest BCUT2D eigenvalue weighted by Crippen LogP contribution is -2.44. The summed E-state index contributed by atoms with van der Waals surface area (Å²) in [5.74, 6) is -0.960. The average Bonchev–Trinajstić information content (AvgIpc) is 3.19. The van der Waals surface area contributed by atoms with E-state index in [2.05, 4.69) is 9.97 Å². The van der Waals surface area contributed by atoms with E-state index < -0.39 is 17.6 Å². The van der Waals surface area contributed by atoms with Gasteiger partial charge in [-0.15, -0.1) is 0 Å². The van der Waals surface area contributed by atoms with Crippen molar-refractivity contribution in [3.05, 3.63) is 81.4 Å². The van der Waals surface area contributed by atoms with Gasteiger partial charge in [0.2, 0.25) is 11.7 Å². The van der Waals surface area contributed by atoms with Crippen LogP contribution in [0.5, 0.6) is 0 Å². The summed E-state index contributed by atoms with van der Waals surface area (Å²) in [5.41, 5.74) is 7.56. The highest BCUT2D eigenvalue weighted by atomic mass is 35.5. The van der Waals surface area contributed by atoms with E-state index in [1.54, 1.807) is 17.0 Å². The lowest BCUT2D eigenvalue weighted by molar-refractivity contribution is -0.153. The fourth-order valence-corrected chi connectivity index (χ4v) is 3.43. The highest BCUT2D eigenvalue weighted by Crippen LogP contribution is 2.30. The molecule has 0 saturated carbocycles. The van der Waals surface area contributed by atoms with Crippen LogP contribution in [0.1, 0.15) is 17.1 Å². The third-order valence-electron chi connectivity index (χ3n) is 4.83. The molecule has 0 spiro atoms. The Balaban J connectivity index is 1.49. The Bertz CT molecular complexity index is 1170. The largest absolute Gasteiger partial charge is 0.455 e. The van der Waals surface area contributed by atoms with Gasteiger partial charge in [0.15, 0.2) is 0 Å². The van der Waals surface area contributed by atoms with Gasteiger partial charge in [-0.3, -0.25) is 4.57 Å². The summed E-state index contributed by atoms with van der Waals surface area (Å²) in [5, 5.41) is 0.633. The molecule has 0 unspecified atom stereocenters. The Morgan fingerprint density at radius 3 is 2.55 bits per heavy atom. The molecule has 0 saturated heterocycles. The number of anilines is 1. The molecule has 0 radical (unpaired) electrons. The Kier molecular flexibility index (Phi) is 5.59. The minimum atomic E-state index is -4.59. The maximum absolute atomic E-state index is 12.7. The van der Waals surface area contributed by atoms with Gasteiger partial charge < -0.3 is 15.1 Å². The molecule has 162 valence electrons. The van der Waals surface area contributed by atoms with Gasteiger partial charge in [0.1, 0.15) is 12.1 Å². The fraction of sp³-hybridized carbons (Fsp3) is 0.250. The number of rotatable bonds is 4. The number of furan rings is 1. The van der Waals surface area contributed by atoms with Gasteiger partial charge >= 0.3 is 11.9 Å². The van der Waals surface area contributed by atoms with Crippen LogP contribution < -0.4 is 16.3 Å². The summed E-state index contributed by atoms with van der Waals surface area (Å²) < 4.78 is 43.8. The summed E-state index contributed by atoms with van der Waals surface area (Å²) in [4.78, 5) is 22.2. The molecule has 0 amide bonds. The third kappa shape index (κ3) is 4.64. The molecule has 1 aromatic carbocycles. The van der Waals surface area contributed by atoms with Crippen molar-refractivity contribution in [3.63, 3.8) is 0 Å². The van der Waals surface area contributed by atoms with Gasteiger partial charge in [-0.25, -0.2) is 9.78 Å². The standard InChI is InChI=1S/C20H17ClF3N5O2/c21-13-3-1-12(2-4-13)15-7-8-28(10-16(15)25)18-26-11-29(19(30)27-18)9-14-5-6-17(31-14)20(22,23)24/h1-7,11,16H,8-10,25H2/t16-/m0/s1. The molecule has 1 aliphatic rings. The van der Waals surface area contributed by atoms with Crippen LogP contribution >= 0.6 is 11.6 Å². The quantitative estimate of drug-likeness (QED) is 0.655. The number of nitrogens with zero attached hydrogens (tertiary/aromatic N) is 4. The van der Waals surface area contributed by atoms with Crippen LogP contribution in [0.3, 0.4) is 0 Å². The molecule has 3 aromatic rings. The zero-order valence-electron chi connectivity index (χ0n) is 16.0. The van der Waals surface area contributed by atoms with Crippen LogP contribution in [0, 0.1) is 0 Å².